The number of halogens is 1. The molecular formula is C21H16IN5O3. The minimum Gasteiger partial charge on any atom is -0.463 e. The fourth-order valence-electron chi connectivity index (χ4n) is 3.53. The van der Waals surface area contributed by atoms with Crippen LogP contribution in [-0.4, -0.2) is 25.7 Å². The first-order valence-electron chi connectivity index (χ1n) is 9.42. The molecule has 3 heterocycles. The van der Waals surface area contributed by atoms with Crippen molar-refractivity contribution in [2.45, 2.75) is 19.3 Å². The number of fused-ring (bicyclic) bond motifs is 1. The summed E-state index contributed by atoms with van der Waals surface area (Å²) >= 11 is 2.12. The average molecular weight is 513 g/mol. The third kappa shape index (κ3) is 3.34. The van der Waals surface area contributed by atoms with Crippen molar-refractivity contribution in [3.63, 3.8) is 0 Å². The van der Waals surface area contributed by atoms with Gasteiger partial charge in [-0.2, -0.15) is 9.78 Å². The minimum absolute atomic E-state index is 0.169. The van der Waals surface area contributed by atoms with E-state index >= 15 is 0 Å². The molecule has 150 valence electrons. The molecule has 0 spiro atoms. The highest BCUT2D eigenvalue weighted by atomic mass is 127. The van der Waals surface area contributed by atoms with E-state index in [1.807, 2.05) is 18.2 Å². The Morgan fingerprint density at radius 2 is 2.07 bits per heavy atom. The van der Waals surface area contributed by atoms with Crippen LogP contribution in [0.1, 0.15) is 28.0 Å². The molecule has 30 heavy (non-hydrogen) atoms. The maximum absolute atomic E-state index is 12.9. The zero-order valence-corrected chi connectivity index (χ0v) is 17.8. The van der Waals surface area contributed by atoms with Crippen molar-refractivity contribution in [2.75, 3.05) is 5.32 Å². The van der Waals surface area contributed by atoms with Crippen LogP contribution in [0.3, 0.4) is 0 Å². The van der Waals surface area contributed by atoms with Crippen LogP contribution in [0.4, 0.5) is 5.82 Å². The molecule has 1 aliphatic carbocycles. The van der Waals surface area contributed by atoms with E-state index in [2.05, 4.69) is 43.0 Å². The molecule has 0 aliphatic heterocycles. The summed E-state index contributed by atoms with van der Waals surface area (Å²) in [6, 6.07) is 12.5. The Balaban J connectivity index is 1.60. The first kappa shape index (κ1) is 18.8. The van der Waals surface area contributed by atoms with E-state index in [-0.39, 0.29) is 17.4 Å². The summed E-state index contributed by atoms with van der Waals surface area (Å²) in [6.45, 7) is 0. The zero-order chi connectivity index (χ0) is 20.7. The molecule has 0 atom stereocenters. The topological polar surface area (TPSA) is 106 Å². The van der Waals surface area contributed by atoms with Crippen LogP contribution in [0.25, 0.3) is 17.4 Å². The summed E-state index contributed by atoms with van der Waals surface area (Å²) in [5.74, 6) is 0.904. The fraction of sp³-hybridized carbons (Fsp3) is 0.143. The molecule has 4 aromatic rings. The molecule has 1 amide bonds. The number of aryl methyl sites for hydroxylation is 1. The number of amides is 1. The lowest BCUT2D eigenvalue weighted by atomic mass is 10.2. The van der Waals surface area contributed by atoms with Gasteiger partial charge in [-0.15, -0.1) is 0 Å². The predicted molar refractivity (Wildman–Crippen MR) is 119 cm³/mol. The van der Waals surface area contributed by atoms with Crippen LogP contribution in [0, 0.1) is 3.57 Å². The van der Waals surface area contributed by atoms with Crippen molar-refractivity contribution < 1.29 is 9.21 Å². The van der Waals surface area contributed by atoms with Gasteiger partial charge in [0.1, 0.15) is 11.5 Å². The predicted octanol–water partition coefficient (Wildman–Crippen LogP) is 3.56. The molecule has 9 heteroatoms. The van der Waals surface area contributed by atoms with E-state index in [9.17, 15) is 9.59 Å². The van der Waals surface area contributed by atoms with E-state index in [1.165, 1.54) is 4.68 Å². The molecule has 1 aliphatic rings. The number of anilines is 1. The number of benzene rings is 1. The fourth-order valence-corrected chi connectivity index (χ4v) is 4.17. The molecule has 0 saturated carbocycles. The average Bonchev–Trinajstić information content (AvgIpc) is 3.48. The number of aromatic nitrogens is 4. The molecule has 8 nitrogen and oxygen atoms in total. The SMILES string of the molecule is O=C(Nc1cc(-c2ccco2)nn1-c1nc2c(c(=O)[nH]1)CCC2)c1ccccc1I. The summed E-state index contributed by atoms with van der Waals surface area (Å²) in [4.78, 5) is 32.8. The molecule has 0 fully saturated rings. The van der Waals surface area contributed by atoms with Gasteiger partial charge in [0.15, 0.2) is 5.76 Å². The molecule has 0 radical (unpaired) electrons. The Hall–Kier alpha value is -3.21. The number of nitrogens with one attached hydrogen (secondary N) is 2. The van der Waals surface area contributed by atoms with Crippen LogP contribution in [0.15, 0.2) is 57.9 Å². The van der Waals surface area contributed by atoms with Crippen LogP contribution >= 0.6 is 22.6 Å². The lowest BCUT2D eigenvalue weighted by molar-refractivity contribution is 0.102. The van der Waals surface area contributed by atoms with Crippen LogP contribution in [-0.2, 0) is 12.8 Å². The van der Waals surface area contributed by atoms with Gasteiger partial charge < -0.3 is 9.73 Å². The Kier molecular flexibility index (Phi) is 4.74. The molecule has 3 aromatic heterocycles. The number of hydrogen-bond acceptors (Lipinski definition) is 5. The largest absolute Gasteiger partial charge is 0.463 e. The van der Waals surface area contributed by atoms with E-state index in [0.717, 1.165) is 34.1 Å². The quantitative estimate of drug-likeness (QED) is 0.406. The van der Waals surface area contributed by atoms with Crippen LogP contribution in [0.5, 0.6) is 0 Å². The number of furan rings is 1. The van der Waals surface area contributed by atoms with Crippen molar-refractivity contribution in [2.24, 2.45) is 0 Å². The number of H-pyrrole nitrogens is 1. The maximum Gasteiger partial charge on any atom is 0.257 e. The first-order chi connectivity index (χ1) is 14.6. The second-order valence-corrected chi connectivity index (χ2v) is 8.07. The highest BCUT2D eigenvalue weighted by Crippen LogP contribution is 2.26. The lowest BCUT2D eigenvalue weighted by Crippen LogP contribution is -2.21. The summed E-state index contributed by atoms with van der Waals surface area (Å²) in [6.07, 6.45) is 3.93. The van der Waals surface area contributed by atoms with E-state index in [4.69, 9.17) is 4.42 Å². The zero-order valence-electron chi connectivity index (χ0n) is 15.7. The number of carbonyl (C=O) groups excluding carboxylic acids is 1. The van der Waals surface area contributed by atoms with E-state index in [0.29, 0.717) is 22.8 Å². The molecule has 1 aromatic carbocycles. The van der Waals surface area contributed by atoms with Crippen LogP contribution < -0.4 is 10.9 Å². The molecular weight excluding hydrogens is 497 g/mol. The smallest absolute Gasteiger partial charge is 0.257 e. The molecule has 0 bridgehead atoms. The number of nitrogens with zero attached hydrogens (tertiary/aromatic N) is 3. The maximum atomic E-state index is 12.9. The first-order valence-corrected chi connectivity index (χ1v) is 10.5. The summed E-state index contributed by atoms with van der Waals surface area (Å²) < 4.78 is 7.71. The number of rotatable bonds is 4. The summed E-state index contributed by atoms with van der Waals surface area (Å²) in [5, 5.41) is 7.42. The van der Waals surface area contributed by atoms with Crippen molar-refractivity contribution in [3.8, 4) is 17.4 Å². The van der Waals surface area contributed by atoms with Gasteiger partial charge in [-0.25, -0.2) is 4.98 Å². The highest BCUT2D eigenvalue weighted by molar-refractivity contribution is 14.1. The van der Waals surface area contributed by atoms with E-state index < -0.39 is 0 Å². The van der Waals surface area contributed by atoms with Gasteiger partial charge in [0.2, 0.25) is 5.95 Å². The molecule has 2 N–H and O–H groups in total. The second kappa shape index (κ2) is 7.56. The molecule has 0 unspecified atom stereocenters. The number of hydrogen-bond donors (Lipinski definition) is 2. The Labute approximate surface area is 184 Å². The van der Waals surface area contributed by atoms with Gasteiger partial charge >= 0.3 is 0 Å². The third-order valence-corrected chi connectivity index (χ3v) is 5.91. The van der Waals surface area contributed by atoms with Gasteiger partial charge in [0, 0.05) is 15.2 Å². The van der Waals surface area contributed by atoms with Gasteiger partial charge in [-0.3, -0.25) is 14.6 Å². The van der Waals surface area contributed by atoms with Gasteiger partial charge in [-0.05, 0) is 66.1 Å². The third-order valence-electron chi connectivity index (χ3n) is 4.97. The van der Waals surface area contributed by atoms with Crippen molar-refractivity contribution >= 4 is 34.3 Å². The Morgan fingerprint density at radius 3 is 2.87 bits per heavy atom. The molecule has 0 saturated heterocycles. The lowest BCUT2D eigenvalue weighted by Gasteiger charge is -2.10. The summed E-state index contributed by atoms with van der Waals surface area (Å²) in [5.41, 5.74) is 2.39. The van der Waals surface area contributed by atoms with Crippen molar-refractivity contribution in [3.05, 3.63) is 79.5 Å². The van der Waals surface area contributed by atoms with Gasteiger partial charge in [0.25, 0.3) is 11.5 Å². The molecule has 5 rings (SSSR count). The van der Waals surface area contributed by atoms with Gasteiger partial charge in [-0.1, -0.05) is 12.1 Å². The van der Waals surface area contributed by atoms with Crippen LogP contribution in [0.2, 0.25) is 0 Å². The Morgan fingerprint density at radius 1 is 1.20 bits per heavy atom. The Bertz CT molecular complexity index is 1310. The minimum atomic E-state index is -0.282. The van der Waals surface area contributed by atoms with Crippen molar-refractivity contribution in [1.29, 1.82) is 0 Å². The standard InChI is InChI=1S/C21H16IN5O3/c22-14-7-2-1-5-12(14)19(28)24-18-11-16(17-9-4-10-30-17)26-27(18)21-23-15-8-3-6-13(15)20(29)25-21/h1-2,4-5,7,9-11H,3,6,8H2,(H,24,28)(H,23,25,29). The second-order valence-electron chi connectivity index (χ2n) is 6.91. The monoisotopic (exact) mass is 513 g/mol. The number of aromatic amines is 1. The highest BCUT2D eigenvalue weighted by Gasteiger charge is 2.22. The van der Waals surface area contributed by atoms with Crippen molar-refractivity contribution in [1.82, 2.24) is 19.7 Å². The normalized spacial score (nSPS) is 12.7. The van der Waals surface area contributed by atoms with Gasteiger partial charge in [0.05, 0.1) is 17.5 Å². The van der Waals surface area contributed by atoms with E-state index in [1.54, 1.807) is 30.5 Å². The summed E-state index contributed by atoms with van der Waals surface area (Å²) in [7, 11) is 0. The number of carbonyl (C=O) groups is 1.